The molecule has 1 N–H and O–H groups in total. The predicted octanol–water partition coefficient (Wildman–Crippen LogP) is 1.24. The minimum absolute atomic E-state index is 0.110. The summed E-state index contributed by atoms with van der Waals surface area (Å²) in [7, 11) is 3.78. The van der Waals surface area contributed by atoms with Crippen molar-refractivity contribution in [2.75, 3.05) is 0 Å². The van der Waals surface area contributed by atoms with Crippen LogP contribution in [0.25, 0.3) is 11.0 Å². The summed E-state index contributed by atoms with van der Waals surface area (Å²) in [4.78, 5) is 16.4. The standard InChI is InChI=1S/C14H15N5O/c1-18-9-16-12-5-11(3-4-13(12)18)14(20)15-6-10-7-17-19(2)8-10/h3-5,7-9H,6H2,1-2H3,(H,15,20). The smallest absolute Gasteiger partial charge is 0.251 e. The van der Waals surface area contributed by atoms with Crippen molar-refractivity contribution in [2.24, 2.45) is 14.1 Å². The lowest BCUT2D eigenvalue weighted by atomic mass is 10.2. The Morgan fingerprint density at radius 2 is 2.20 bits per heavy atom. The molecule has 3 aromatic rings. The van der Waals surface area contributed by atoms with Crippen LogP contribution in [0.1, 0.15) is 15.9 Å². The van der Waals surface area contributed by atoms with Gasteiger partial charge in [-0.3, -0.25) is 9.48 Å². The third-order valence-corrected chi connectivity index (χ3v) is 3.20. The molecule has 0 unspecified atom stereocenters. The zero-order valence-corrected chi connectivity index (χ0v) is 11.4. The predicted molar refractivity (Wildman–Crippen MR) is 75.1 cm³/mol. The number of fused-ring (bicyclic) bond motifs is 1. The van der Waals surface area contributed by atoms with E-state index in [4.69, 9.17) is 0 Å². The Kier molecular flexibility index (Phi) is 2.98. The van der Waals surface area contributed by atoms with Crippen LogP contribution in [0, 0.1) is 0 Å². The van der Waals surface area contributed by atoms with Gasteiger partial charge in [0.05, 0.1) is 23.6 Å². The Morgan fingerprint density at radius 3 is 2.95 bits per heavy atom. The van der Waals surface area contributed by atoms with Gasteiger partial charge >= 0.3 is 0 Å². The molecule has 1 aromatic carbocycles. The van der Waals surface area contributed by atoms with Crippen molar-refractivity contribution in [3.63, 3.8) is 0 Å². The summed E-state index contributed by atoms with van der Waals surface area (Å²) >= 11 is 0. The first-order chi connectivity index (χ1) is 9.63. The molecule has 2 heterocycles. The summed E-state index contributed by atoms with van der Waals surface area (Å²) in [5.41, 5.74) is 3.41. The van der Waals surface area contributed by atoms with Crippen LogP contribution < -0.4 is 5.32 Å². The molecule has 0 aliphatic rings. The number of nitrogens with one attached hydrogen (secondary N) is 1. The van der Waals surface area contributed by atoms with E-state index in [9.17, 15) is 4.79 Å². The van der Waals surface area contributed by atoms with E-state index in [-0.39, 0.29) is 5.91 Å². The third-order valence-electron chi connectivity index (χ3n) is 3.20. The molecule has 0 bridgehead atoms. The van der Waals surface area contributed by atoms with E-state index in [2.05, 4.69) is 15.4 Å². The van der Waals surface area contributed by atoms with E-state index in [0.29, 0.717) is 12.1 Å². The van der Waals surface area contributed by atoms with Crippen LogP contribution in [0.5, 0.6) is 0 Å². The van der Waals surface area contributed by atoms with Gasteiger partial charge in [-0.1, -0.05) is 0 Å². The van der Waals surface area contributed by atoms with Crippen molar-refractivity contribution in [1.82, 2.24) is 24.6 Å². The fourth-order valence-electron chi connectivity index (χ4n) is 2.12. The highest BCUT2D eigenvalue weighted by Crippen LogP contribution is 2.13. The van der Waals surface area contributed by atoms with Crippen molar-refractivity contribution in [3.05, 3.63) is 48.0 Å². The number of amides is 1. The van der Waals surface area contributed by atoms with Gasteiger partial charge in [0, 0.05) is 38.0 Å². The van der Waals surface area contributed by atoms with Crippen molar-refractivity contribution < 1.29 is 4.79 Å². The first-order valence-electron chi connectivity index (χ1n) is 6.30. The lowest BCUT2D eigenvalue weighted by molar-refractivity contribution is 0.0951. The number of carbonyl (C=O) groups excluding carboxylic acids is 1. The summed E-state index contributed by atoms with van der Waals surface area (Å²) in [6.45, 7) is 0.465. The van der Waals surface area contributed by atoms with Crippen LogP contribution in [0.3, 0.4) is 0 Å². The molecule has 0 aliphatic carbocycles. The van der Waals surface area contributed by atoms with Gasteiger partial charge in [-0.2, -0.15) is 5.10 Å². The molecular weight excluding hydrogens is 254 g/mol. The third kappa shape index (κ3) is 2.27. The summed E-state index contributed by atoms with van der Waals surface area (Å²) in [6, 6.07) is 5.51. The largest absolute Gasteiger partial charge is 0.348 e. The molecule has 1 amide bonds. The molecule has 6 heteroatoms. The Labute approximate surface area is 116 Å². The second-order valence-electron chi connectivity index (χ2n) is 4.76. The summed E-state index contributed by atoms with van der Waals surface area (Å²) in [5, 5.41) is 6.94. The highest BCUT2D eigenvalue weighted by atomic mass is 16.1. The molecule has 0 saturated carbocycles. The number of imidazole rings is 1. The minimum atomic E-state index is -0.110. The molecule has 0 atom stereocenters. The molecule has 0 aliphatic heterocycles. The normalized spacial score (nSPS) is 10.9. The van der Waals surface area contributed by atoms with Crippen molar-refractivity contribution in [1.29, 1.82) is 0 Å². The number of rotatable bonds is 3. The van der Waals surface area contributed by atoms with Crippen LogP contribution >= 0.6 is 0 Å². The number of aryl methyl sites for hydroxylation is 2. The van der Waals surface area contributed by atoms with Gasteiger partial charge in [0.1, 0.15) is 0 Å². The second-order valence-corrected chi connectivity index (χ2v) is 4.76. The fraction of sp³-hybridized carbons (Fsp3) is 0.214. The second kappa shape index (κ2) is 4.80. The lowest BCUT2D eigenvalue weighted by Crippen LogP contribution is -2.22. The van der Waals surface area contributed by atoms with Crippen LogP contribution in [0.4, 0.5) is 0 Å². The lowest BCUT2D eigenvalue weighted by Gasteiger charge is -2.04. The maximum Gasteiger partial charge on any atom is 0.251 e. The van der Waals surface area contributed by atoms with E-state index < -0.39 is 0 Å². The number of nitrogens with zero attached hydrogens (tertiary/aromatic N) is 4. The van der Waals surface area contributed by atoms with Gasteiger partial charge in [0.25, 0.3) is 5.91 Å². The maximum absolute atomic E-state index is 12.1. The van der Waals surface area contributed by atoms with E-state index in [1.807, 2.05) is 37.0 Å². The maximum atomic E-state index is 12.1. The fourth-order valence-corrected chi connectivity index (χ4v) is 2.12. The average molecular weight is 269 g/mol. The van der Waals surface area contributed by atoms with Crippen molar-refractivity contribution in [2.45, 2.75) is 6.54 Å². The highest BCUT2D eigenvalue weighted by Gasteiger charge is 2.08. The molecule has 2 aromatic heterocycles. The van der Waals surface area contributed by atoms with Crippen molar-refractivity contribution >= 4 is 16.9 Å². The van der Waals surface area contributed by atoms with Gasteiger partial charge in [0.2, 0.25) is 0 Å². The molecule has 0 spiro atoms. The van der Waals surface area contributed by atoms with E-state index >= 15 is 0 Å². The molecule has 102 valence electrons. The topological polar surface area (TPSA) is 64.7 Å². The van der Waals surface area contributed by atoms with E-state index in [1.165, 1.54) is 0 Å². The van der Waals surface area contributed by atoms with Crippen LogP contribution in [-0.4, -0.2) is 25.2 Å². The van der Waals surface area contributed by atoms with Crippen LogP contribution in [0.2, 0.25) is 0 Å². The number of benzene rings is 1. The zero-order chi connectivity index (χ0) is 14.1. The molecule has 0 radical (unpaired) electrons. The number of carbonyl (C=O) groups is 1. The Morgan fingerprint density at radius 1 is 1.35 bits per heavy atom. The molecule has 3 rings (SSSR count). The Bertz CT molecular complexity index is 771. The van der Waals surface area contributed by atoms with Crippen LogP contribution in [-0.2, 0) is 20.6 Å². The Hall–Kier alpha value is -2.63. The van der Waals surface area contributed by atoms with Gasteiger partial charge in [-0.05, 0) is 18.2 Å². The first kappa shape index (κ1) is 12.4. The minimum Gasteiger partial charge on any atom is -0.348 e. The first-order valence-corrected chi connectivity index (χ1v) is 6.30. The van der Waals surface area contributed by atoms with Gasteiger partial charge < -0.3 is 9.88 Å². The zero-order valence-electron chi connectivity index (χ0n) is 11.4. The quantitative estimate of drug-likeness (QED) is 0.778. The molecular formula is C14H15N5O. The summed E-state index contributed by atoms with van der Waals surface area (Å²) in [6.07, 6.45) is 5.35. The Balaban J connectivity index is 1.75. The average Bonchev–Trinajstić information content (AvgIpc) is 3.02. The SMILES string of the molecule is Cn1cc(CNC(=O)c2ccc3c(c2)ncn3C)cn1. The molecule has 6 nitrogen and oxygen atoms in total. The van der Waals surface area contributed by atoms with Gasteiger partial charge in [-0.15, -0.1) is 0 Å². The number of hydrogen-bond donors (Lipinski definition) is 1. The summed E-state index contributed by atoms with van der Waals surface area (Å²) < 4.78 is 3.63. The molecule has 0 fully saturated rings. The molecule has 20 heavy (non-hydrogen) atoms. The number of hydrogen-bond acceptors (Lipinski definition) is 3. The van der Waals surface area contributed by atoms with Crippen molar-refractivity contribution in [3.8, 4) is 0 Å². The highest BCUT2D eigenvalue weighted by molar-refractivity contribution is 5.97. The number of aromatic nitrogens is 4. The van der Waals surface area contributed by atoms with Gasteiger partial charge in [-0.25, -0.2) is 4.98 Å². The monoisotopic (exact) mass is 269 g/mol. The van der Waals surface area contributed by atoms with E-state index in [0.717, 1.165) is 16.6 Å². The van der Waals surface area contributed by atoms with E-state index in [1.54, 1.807) is 23.3 Å². The van der Waals surface area contributed by atoms with Gasteiger partial charge in [0.15, 0.2) is 0 Å². The summed E-state index contributed by atoms with van der Waals surface area (Å²) in [5.74, 6) is -0.110. The molecule has 0 saturated heterocycles. The van der Waals surface area contributed by atoms with Crippen LogP contribution in [0.15, 0.2) is 36.9 Å².